The molecule has 1 N–H and O–H groups in total. The number of aliphatic hydroxyl groups is 1. The minimum Gasteiger partial charge on any atom is -0.466 e. The van der Waals surface area contributed by atoms with Crippen LogP contribution < -0.4 is 0 Å². The van der Waals surface area contributed by atoms with E-state index in [2.05, 4.69) is 62.0 Å². The van der Waals surface area contributed by atoms with E-state index >= 15 is 0 Å². The summed E-state index contributed by atoms with van der Waals surface area (Å²) in [4.78, 5) is 37.0. The lowest BCUT2D eigenvalue weighted by Crippen LogP contribution is -2.63. The van der Waals surface area contributed by atoms with Crippen LogP contribution in [0.2, 0.25) is 0 Å². The smallest absolute Gasteiger partial charge is 0.303 e. The molecule has 8 nitrogen and oxygen atoms in total. The van der Waals surface area contributed by atoms with E-state index in [9.17, 15) is 19.5 Å². The Hall–Kier alpha value is -2.19. The van der Waals surface area contributed by atoms with Crippen molar-refractivity contribution in [3.63, 3.8) is 0 Å². The van der Waals surface area contributed by atoms with Crippen molar-refractivity contribution < 1.29 is 38.4 Å². The van der Waals surface area contributed by atoms with Crippen molar-refractivity contribution >= 4 is 17.9 Å². The number of rotatable bonds is 12. The van der Waals surface area contributed by atoms with Gasteiger partial charge in [0.05, 0.1) is 12.7 Å². The lowest BCUT2D eigenvalue weighted by molar-refractivity contribution is -0.217. The molecular weight excluding hydrogens is 620 g/mol. The molecule has 0 aromatic heterocycles. The van der Waals surface area contributed by atoms with Crippen LogP contribution in [0, 0.1) is 57.7 Å². The van der Waals surface area contributed by atoms with E-state index in [0.717, 1.165) is 32.1 Å². The first-order valence-electron chi connectivity index (χ1n) is 18.9. The fraction of sp³-hybridized carbons (Fsp3) is 0.829. The van der Waals surface area contributed by atoms with E-state index < -0.39 is 35.3 Å². The predicted molar refractivity (Wildman–Crippen MR) is 190 cm³/mol. The molecule has 0 spiro atoms. The molecule has 8 heteroatoms. The van der Waals surface area contributed by atoms with Crippen molar-refractivity contribution in [1.82, 2.24) is 0 Å². The molecule has 6 unspecified atom stereocenters. The third-order valence-electron chi connectivity index (χ3n) is 13.5. The molecule has 0 heterocycles. The fourth-order valence-corrected chi connectivity index (χ4v) is 11.8. The first-order valence-corrected chi connectivity index (χ1v) is 18.9. The number of allylic oxidation sites excluding steroid dienone is 2. The molecule has 0 aromatic carbocycles. The lowest BCUT2D eigenvalue weighted by atomic mass is 9.42. The maximum absolute atomic E-state index is 12.5. The van der Waals surface area contributed by atoms with Gasteiger partial charge >= 0.3 is 17.9 Å². The molecule has 0 aromatic rings. The second-order valence-corrected chi connectivity index (χ2v) is 17.5. The highest BCUT2D eigenvalue weighted by Gasteiger charge is 2.68. The SMILES string of the molecule is C=C(CC[C@@H](C)[C@H]1CC(C)C2C3=C([C@@H](CCOC(C)=O)[C@H](OC(C)O)C21C)C1(C)C[C@@H](OC(C)=O)[C@H](OC(C)=O)C(C)(C)C1CC3)C(C)C. The van der Waals surface area contributed by atoms with Gasteiger partial charge < -0.3 is 24.1 Å². The number of aliphatic hydroxyl groups excluding tert-OH is 1. The molecule has 4 aliphatic carbocycles. The van der Waals surface area contributed by atoms with Crippen LogP contribution in [0.15, 0.2) is 23.3 Å². The molecule has 278 valence electrons. The summed E-state index contributed by atoms with van der Waals surface area (Å²) in [6.45, 7) is 28.8. The summed E-state index contributed by atoms with van der Waals surface area (Å²) in [5.74, 6) is 0.757. The van der Waals surface area contributed by atoms with Crippen LogP contribution in [0.25, 0.3) is 0 Å². The molecule has 0 aliphatic heterocycles. The van der Waals surface area contributed by atoms with E-state index in [1.807, 2.05) is 0 Å². The van der Waals surface area contributed by atoms with Crippen LogP contribution in [0.1, 0.15) is 128 Å². The van der Waals surface area contributed by atoms with Gasteiger partial charge in [-0.1, -0.05) is 78.7 Å². The van der Waals surface area contributed by atoms with E-state index in [1.165, 1.54) is 37.5 Å². The zero-order valence-electron chi connectivity index (χ0n) is 32.5. The molecule has 49 heavy (non-hydrogen) atoms. The molecule has 0 bridgehead atoms. The van der Waals surface area contributed by atoms with Gasteiger partial charge in [-0.15, -0.1) is 0 Å². The molecule has 4 aliphatic rings. The zero-order valence-corrected chi connectivity index (χ0v) is 32.5. The number of carbonyl (C=O) groups is 3. The Balaban J connectivity index is 1.92. The minimum atomic E-state index is -0.981. The van der Waals surface area contributed by atoms with E-state index in [1.54, 1.807) is 6.92 Å². The Morgan fingerprint density at radius 3 is 2.14 bits per heavy atom. The van der Waals surface area contributed by atoms with Crippen molar-refractivity contribution in [3.05, 3.63) is 23.3 Å². The molecule has 12 atom stereocenters. The van der Waals surface area contributed by atoms with Gasteiger partial charge in [-0.05, 0) is 92.8 Å². The van der Waals surface area contributed by atoms with Gasteiger partial charge in [0.15, 0.2) is 6.29 Å². The number of carbonyl (C=O) groups excluding carboxylic acids is 3. The van der Waals surface area contributed by atoms with Crippen molar-refractivity contribution in [3.8, 4) is 0 Å². The van der Waals surface area contributed by atoms with E-state index in [0.29, 0.717) is 36.5 Å². The van der Waals surface area contributed by atoms with Crippen LogP contribution >= 0.6 is 0 Å². The highest BCUT2D eigenvalue weighted by atomic mass is 16.6. The van der Waals surface area contributed by atoms with Gasteiger partial charge in [0, 0.05) is 37.5 Å². The topological polar surface area (TPSA) is 108 Å². The summed E-state index contributed by atoms with van der Waals surface area (Å²) in [5, 5.41) is 11.0. The van der Waals surface area contributed by atoms with Gasteiger partial charge in [-0.2, -0.15) is 0 Å². The maximum Gasteiger partial charge on any atom is 0.303 e. The molecule has 0 saturated heterocycles. The Morgan fingerprint density at radius 1 is 0.959 bits per heavy atom. The minimum absolute atomic E-state index is 0.121. The highest BCUT2D eigenvalue weighted by Crippen LogP contribution is 2.71. The number of hydrogen-bond acceptors (Lipinski definition) is 8. The normalized spacial score (nSPS) is 37.8. The van der Waals surface area contributed by atoms with Crippen molar-refractivity contribution in [1.29, 1.82) is 0 Å². The van der Waals surface area contributed by atoms with Gasteiger partial charge in [0.1, 0.15) is 12.2 Å². The van der Waals surface area contributed by atoms with E-state index in [4.69, 9.17) is 18.9 Å². The molecule has 0 amide bonds. The average molecular weight is 687 g/mol. The zero-order chi connectivity index (χ0) is 36.8. The summed E-state index contributed by atoms with van der Waals surface area (Å²) < 4.78 is 24.4. The quantitative estimate of drug-likeness (QED) is 0.0948. The largest absolute Gasteiger partial charge is 0.466 e. The van der Waals surface area contributed by atoms with Crippen LogP contribution in [-0.2, 0) is 33.3 Å². The van der Waals surface area contributed by atoms with Crippen LogP contribution in [0.3, 0.4) is 0 Å². The first-order chi connectivity index (χ1) is 22.7. The number of esters is 3. The third-order valence-corrected chi connectivity index (χ3v) is 13.5. The second-order valence-electron chi connectivity index (χ2n) is 17.5. The van der Waals surface area contributed by atoms with Gasteiger partial charge in [0.2, 0.25) is 0 Å². The standard InChI is InChI=1S/C41H66O8/c1-22(2)23(3)14-15-24(4)32-20-25(5)35-30-16-17-34-39(10,11)38(49-29(9)45)33(47-27(7)43)21-40(34,12)36(30)31(18-19-46-26(6)42)37(41(32,35)13)48-28(8)44/h22,24-25,28,31-35,37-38,44H,3,14-21H2,1-2,4-13H3/t24-,25?,28?,31-,32-,33-,34?,35?,37+,38+,40?,41?/m1/s1. The summed E-state index contributed by atoms with van der Waals surface area (Å²) in [7, 11) is 0. The molecule has 0 radical (unpaired) electrons. The van der Waals surface area contributed by atoms with Crippen molar-refractivity contribution in [2.75, 3.05) is 6.61 Å². The third kappa shape index (κ3) is 7.43. The molecule has 2 saturated carbocycles. The van der Waals surface area contributed by atoms with Crippen LogP contribution in [-0.4, -0.2) is 54.2 Å². The Morgan fingerprint density at radius 2 is 1.59 bits per heavy atom. The number of hydrogen-bond donors (Lipinski definition) is 1. The fourth-order valence-electron chi connectivity index (χ4n) is 11.8. The maximum atomic E-state index is 12.5. The second kappa shape index (κ2) is 14.8. The Bertz CT molecular complexity index is 1300. The van der Waals surface area contributed by atoms with Crippen molar-refractivity contribution in [2.24, 2.45) is 57.7 Å². The van der Waals surface area contributed by atoms with E-state index in [-0.39, 0.29) is 47.8 Å². The molecule has 4 rings (SSSR count). The Labute approximate surface area is 296 Å². The van der Waals surface area contributed by atoms with Gasteiger partial charge in [-0.3, -0.25) is 14.4 Å². The van der Waals surface area contributed by atoms with Gasteiger partial charge in [-0.25, -0.2) is 0 Å². The van der Waals surface area contributed by atoms with Crippen LogP contribution in [0.5, 0.6) is 0 Å². The molecular formula is C41H66O8. The monoisotopic (exact) mass is 686 g/mol. The average Bonchev–Trinajstić information content (AvgIpc) is 3.24. The highest BCUT2D eigenvalue weighted by molar-refractivity contribution is 5.67. The van der Waals surface area contributed by atoms with Crippen molar-refractivity contribution in [2.45, 2.75) is 153 Å². The summed E-state index contributed by atoms with van der Waals surface area (Å²) in [5.41, 5.74) is 2.90. The molecule has 2 fully saturated rings. The predicted octanol–water partition coefficient (Wildman–Crippen LogP) is 8.21. The van der Waals surface area contributed by atoms with Gasteiger partial charge in [0.25, 0.3) is 0 Å². The van der Waals surface area contributed by atoms with Crippen LogP contribution in [0.4, 0.5) is 0 Å². The number of ether oxygens (including phenoxy) is 4. The summed E-state index contributed by atoms with van der Waals surface area (Å²) in [6, 6.07) is 0. The first kappa shape index (κ1) is 39.6. The number of fused-ring (bicyclic) bond motifs is 4. The summed E-state index contributed by atoms with van der Waals surface area (Å²) >= 11 is 0. The summed E-state index contributed by atoms with van der Waals surface area (Å²) in [6.07, 6.45) is 3.53. The Kier molecular flexibility index (Phi) is 12.0. The lowest BCUT2D eigenvalue weighted by Gasteiger charge is -2.64.